The van der Waals surface area contributed by atoms with Gasteiger partial charge in [-0.15, -0.1) is 0 Å². The Kier molecular flexibility index (Phi) is 13.4. The van der Waals surface area contributed by atoms with E-state index in [0.29, 0.717) is 19.4 Å². The molecule has 3 atom stereocenters. The minimum Gasteiger partial charge on any atom is -0.401 e. The molecule has 1 fully saturated rings. The molecule has 0 saturated carbocycles. The lowest BCUT2D eigenvalue weighted by Gasteiger charge is -2.45. The van der Waals surface area contributed by atoms with Gasteiger partial charge in [0.1, 0.15) is 6.61 Å². The first-order chi connectivity index (χ1) is 19.4. The second-order valence-corrected chi connectivity index (χ2v) is 15.6. The molecule has 5 heteroatoms. The summed E-state index contributed by atoms with van der Waals surface area (Å²) in [5, 5.41) is 13.7. The van der Waals surface area contributed by atoms with Crippen LogP contribution >= 0.6 is 0 Å². The maximum atomic E-state index is 11.5. The van der Waals surface area contributed by atoms with E-state index in [1.54, 1.807) is 0 Å². The lowest BCUT2D eigenvalue weighted by Crippen LogP contribution is -2.68. The molecule has 0 aromatic heterocycles. The highest BCUT2D eigenvalue weighted by molar-refractivity contribution is 6.99. The maximum absolute atomic E-state index is 11.5. The average molecular weight is 561 g/mol. The summed E-state index contributed by atoms with van der Waals surface area (Å²) in [5.41, 5.74) is 0. The van der Waals surface area contributed by atoms with Gasteiger partial charge in [-0.1, -0.05) is 125 Å². The third-order valence-corrected chi connectivity index (χ3v) is 12.4. The summed E-state index contributed by atoms with van der Waals surface area (Å²) in [6.45, 7) is 9.98. The fraction of sp³-hybridized carbons (Fsp3) is 0.486. The quantitative estimate of drug-likeness (QED) is 0.172. The van der Waals surface area contributed by atoms with Crippen molar-refractivity contribution in [2.75, 3.05) is 13.2 Å². The SMILES string of the molecule is CC/C=C/C/C=C\C[C@@H](O[Si](c1ccccc1)(c1ccccc1)C(C)(C)C)[C@H](O)CC#CCOC1CCCCO1. The topological polar surface area (TPSA) is 47.9 Å². The third-order valence-electron chi connectivity index (χ3n) is 7.30. The highest BCUT2D eigenvalue weighted by Gasteiger charge is 2.51. The number of aliphatic hydroxyl groups excluding tert-OH is 1. The molecule has 216 valence electrons. The predicted molar refractivity (Wildman–Crippen MR) is 168 cm³/mol. The maximum Gasteiger partial charge on any atom is 0.261 e. The van der Waals surface area contributed by atoms with Crippen molar-refractivity contribution in [3.63, 3.8) is 0 Å². The number of aliphatic hydroxyl groups is 1. The summed E-state index contributed by atoms with van der Waals surface area (Å²) < 4.78 is 18.7. The number of benzene rings is 2. The Hall–Kier alpha value is -2.46. The molecule has 1 saturated heterocycles. The van der Waals surface area contributed by atoms with Crippen molar-refractivity contribution in [1.29, 1.82) is 0 Å². The van der Waals surface area contributed by atoms with Gasteiger partial charge in [-0.3, -0.25) is 0 Å². The minimum atomic E-state index is -2.83. The standard InChI is InChI=1S/C35H48O4Si/c1-5-6-7-8-9-16-26-33(32(36)25-17-19-28-37-34-27-18-20-29-38-34)39-40(35(2,3)4,30-21-12-10-13-22-30)31-23-14-11-15-24-31/h6-7,9-16,21-24,32-34,36H,5,8,18,20,25-29H2,1-4H3/b7-6+,16-9-/t32-,33-,34?/m1/s1. The van der Waals surface area contributed by atoms with Gasteiger partial charge in [-0.05, 0) is 53.9 Å². The molecule has 0 amide bonds. The van der Waals surface area contributed by atoms with Gasteiger partial charge in [-0.2, -0.15) is 0 Å². The first kappa shape index (κ1) is 32.1. The number of hydrogen-bond donors (Lipinski definition) is 1. The summed E-state index contributed by atoms with van der Waals surface area (Å²) in [4.78, 5) is 0. The van der Waals surface area contributed by atoms with E-state index in [0.717, 1.165) is 38.7 Å². The Morgan fingerprint density at radius 1 is 0.950 bits per heavy atom. The van der Waals surface area contributed by atoms with Crippen LogP contribution in [0.5, 0.6) is 0 Å². The zero-order valence-corrected chi connectivity index (χ0v) is 25.9. The monoisotopic (exact) mass is 560 g/mol. The van der Waals surface area contributed by atoms with Crippen molar-refractivity contribution in [2.45, 2.75) is 96.2 Å². The van der Waals surface area contributed by atoms with Crippen molar-refractivity contribution in [2.24, 2.45) is 0 Å². The van der Waals surface area contributed by atoms with Crippen LogP contribution in [0.4, 0.5) is 0 Å². The van der Waals surface area contributed by atoms with Crippen LogP contribution in [0.2, 0.25) is 5.04 Å². The largest absolute Gasteiger partial charge is 0.401 e. The zero-order valence-electron chi connectivity index (χ0n) is 24.9. The summed E-state index contributed by atoms with van der Waals surface area (Å²) in [6, 6.07) is 21.2. The Morgan fingerprint density at radius 3 is 2.17 bits per heavy atom. The minimum absolute atomic E-state index is 0.161. The summed E-state index contributed by atoms with van der Waals surface area (Å²) in [7, 11) is -2.83. The fourth-order valence-electron chi connectivity index (χ4n) is 5.21. The molecule has 1 unspecified atom stereocenters. The lowest BCUT2D eigenvalue weighted by atomic mass is 10.1. The zero-order chi connectivity index (χ0) is 28.7. The van der Waals surface area contributed by atoms with Crippen LogP contribution < -0.4 is 10.4 Å². The van der Waals surface area contributed by atoms with Crippen LogP contribution in [0.1, 0.15) is 72.6 Å². The normalized spacial score (nSPS) is 18.0. The molecule has 1 N–H and O–H groups in total. The van der Waals surface area contributed by atoms with E-state index in [9.17, 15) is 5.11 Å². The first-order valence-corrected chi connectivity index (χ1v) is 16.7. The molecule has 0 radical (unpaired) electrons. The molecule has 2 aromatic carbocycles. The molecule has 1 heterocycles. The van der Waals surface area contributed by atoms with Crippen molar-refractivity contribution in [1.82, 2.24) is 0 Å². The number of allylic oxidation sites excluding steroid dienone is 3. The molecule has 0 spiro atoms. The van der Waals surface area contributed by atoms with E-state index < -0.39 is 20.5 Å². The Morgan fingerprint density at radius 2 is 1.60 bits per heavy atom. The van der Waals surface area contributed by atoms with Crippen LogP contribution in [0.3, 0.4) is 0 Å². The van der Waals surface area contributed by atoms with E-state index in [4.69, 9.17) is 13.9 Å². The molecular formula is C35H48O4Si. The number of rotatable bonds is 13. The second-order valence-electron chi connectivity index (χ2n) is 11.4. The van der Waals surface area contributed by atoms with Gasteiger partial charge in [0.25, 0.3) is 8.32 Å². The van der Waals surface area contributed by atoms with Crippen molar-refractivity contribution < 1.29 is 19.0 Å². The fourth-order valence-corrected chi connectivity index (χ4v) is 9.93. The second kappa shape index (κ2) is 16.7. The van der Waals surface area contributed by atoms with Gasteiger partial charge in [0.15, 0.2) is 6.29 Å². The van der Waals surface area contributed by atoms with Crippen LogP contribution in [-0.2, 0) is 13.9 Å². The van der Waals surface area contributed by atoms with Crippen molar-refractivity contribution in [3.05, 3.63) is 85.0 Å². The highest BCUT2D eigenvalue weighted by atomic mass is 28.4. The van der Waals surface area contributed by atoms with Gasteiger partial charge in [0.05, 0.1) is 12.2 Å². The molecule has 2 aromatic rings. The predicted octanol–water partition coefficient (Wildman–Crippen LogP) is 6.53. The number of hydrogen-bond acceptors (Lipinski definition) is 4. The van der Waals surface area contributed by atoms with E-state index in [-0.39, 0.29) is 11.3 Å². The Bertz CT molecular complexity index is 1050. The van der Waals surface area contributed by atoms with Crippen LogP contribution in [0.15, 0.2) is 85.0 Å². The van der Waals surface area contributed by atoms with E-state index in [1.165, 1.54) is 10.4 Å². The average Bonchev–Trinajstić information content (AvgIpc) is 2.97. The first-order valence-electron chi connectivity index (χ1n) is 14.8. The molecular weight excluding hydrogens is 512 g/mol. The van der Waals surface area contributed by atoms with E-state index in [1.807, 2.05) is 12.1 Å². The molecule has 0 aliphatic carbocycles. The summed E-state index contributed by atoms with van der Waals surface area (Å²) in [6.07, 6.45) is 13.3. The van der Waals surface area contributed by atoms with Gasteiger partial charge < -0.3 is 19.0 Å². The molecule has 1 aliphatic rings. The van der Waals surface area contributed by atoms with Gasteiger partial charge in [-0.25, -0.2) is 0 Å². The number of ether oxygens (including phenoxy) is 2. The van der Waals surface area contributed by atoms with Gasteiger partial charge in [0.2, 0.25) is 0 Å². The van der Waals surface area contributed by atoms with Gasteiger partial charge in [0, 0.05) is 13.0 Å². The van der Waals surface area contributed by atoms with E-state index in [2.05, 4.69) is 112 Å². The summed E-state index contributed by atoms with van der Waals surface area (Å²) >= 11 is 0. The van der Waals surface area contributed by atoms with Crippen molar-refractivity contribution >= 4 is 18.7 Å². The summed E-state index contributed by atoms with van der Waals surface area (Å²) in [5.74, 6) is 6.23. The molecule has 0 bridgehead atoms. The smallest absolute Gasteiger partial charge is 0.261 e. The molecule has 40 heavy (non-hydrogen) atoms. The molecule has 3 rings (SSSR count). The molecule has 4 nitrogen and oxygen atoms in total. The molecule has 1 aliphatic heterocycles. The van der Waals surface area contributed by atoms with Crippen LogP contribution in [-0.4, -0.2) is 45.1 Å². The van der Waals surface area contributed by atoms with Gasteiger partial charge >= 0.3 is 0 Å². The van der Waals surface area contributed by atoms with Crippen molar-refractivity contribution in [3.8, 4) is 11.8 Å². The van der Waals surface area contributed by atoms with Crippen LogP contribution in [0.25, 0.3) is 0 Å². The Balaban J connectivity index is 1.87. The third kappa shape index (κ3) is 9.29. The van der Waals surface area contributed by atoms with Crippen LogP contribution in [0, 0.1) is 11.8 Å². The van der Waals surface area contributed by atoms with E-state index >= 15 is 0 Å². The Labute approximate surface area is 243 Å². The highest BCUT2D eigenvalue weighted by Crippen LogP contribution is 2.38. The lowest BCUT2D eigenvalue weighted by molar-refractivity contribution is -0.154.